The normalized spacial score (nSPS) is 23.3. The van der Waals surface area contributed by atoms with Gasteiger partial charge in [0.25, 0.3) is 11.4 Å². The zero-order valence-corrected chi connectivity index (χ0v) is 22.9. The minimum absolute atomic E-state index is 0.109. The monoisotopic (exact) mass is 596 g/mol. The molecule has 2 saturated heterocycles. The minimum Gasteiger partial charge on any atom is -0.459 e. The van der Waals surface area contributed by atoms with E-state index in [2.05, 4.69) is 0 Å². The van der Waals surface area contributed by atoms with Crippen molar-refractivity contribution in [3.63, 3.8) is 0 Å². The maximum absolute atomic E-state index is 13.0. The number of hydrogen-bond acceptors (Lipinski definition) is 10. The first-order valence-electron chi connectivity index (χ1n) is 13.5. The summed E-state index contributed by atoms with van der Waals surface area (Å²) < 4.78 is 24.1. The van der Waals surface area contributed by atoms with Crippen LogP contribution in [0.3, 0.4) is 0 Å². The van der Waals surface area contributed by atoms with Crippen LogP contribution in [-0.4, -0.2) is 46.2 Å². The van der Waals surface area contributed by atoms with Gasteiger partial charge in [0.2, 0.25) is 0 Å². The summed E-state index contributed by atoms with van der Waals surface area (Å²) in [6.45, 7) is -0.554. The Bertz CT molecular complexity index is 1580. The number of nitro benzene ring substituents is 2. The maximum atomic E-state index is 13.0. The molecule has 0 amide bonds. The van der Waals surface area contributed by atoms with Gasteiger partial charge in [0.15, 0.2) is 11.2 Å². The molecule has 44 heavy (non-hydrogen) atoms. The van der Waals surface area contributed by atoms with E-state index in [1.165, 1.54) is 48.5 Å². The average molecular weight is 597 g/mol. The molecule has 2 heterocycles. The molecule has 12 heteroatoms. The van der Waals surface area contributed by atoms with E-state index in [0.717, 1.165) is 11.1 Å². The summed E-state index contributed by atoms with van der Waals surface area (Å²) >= 11 is 0. The number of non-ortho nitro benzene ring substituents is 2. The number of epoxide rings is 2. The van der Waals surface area contributed by atoms with E-state index in [9.17, 15) is 29.8 Å². The Morgan fingerprint density at radius 2 is 0.932 bits per heavy atom. The Balaban J connectivity index is 1.29. The second-order valence-electron chi connectivity index (χ2n) is 10.4. The van der Waals surface area contributed by atoms with Crippen molar-refractivity contribution in [3.05, 3.63) is 152 Å². The Morgan fingerprint density at radius 1 is 0.591 bits per heavy atom. The molecule has 4 atom stereocenters. The lowest BCUT2D eigenvalue weighted by atomic mass is 9.82. The molecule has 0 saturated carbocycles. The highest BCUT2D eigenvalue weighted by atomic mass is 16.7. The van der Waals surface area contributed by atoms with E-state index in [1.807, 2.05) is 60.7 Å². The molecule has 4 aromatic carbocycles. The zero-order valence-electron chi connectivity index (χ0n) is 22.9. The first-order valence-corrected chi connectivity index (χ1v) is 13.5. The van der Waals surface area contributed by atoms with Gasteiger partial charge in [0.1, 0.15) is 25.4 Å². The van der Waals surface area contributed by atoms with Crippen LogP contribution in [0.4, 0.5) is 11.4 Å². The summed E-state index contributed by atoms with van der Waals surface area (Å²) in [7, 11) is 0. The van der Waals surface area contributed by atoms with Crippen LogP contribution in [0.15, 0.2) is 109 Å². The van der Waals surface area contributed by atoms with Crippen molar-refractivity contribution in [2.45, 2.75) is 23.4 Å². The van der Waals surface area contributed by atoms with Gasteiger partial charge in [-0.3, -0.25) is 20.2 Å². The molecule has 4 aromatic rings. The Labute approximate surface area is 250 Å². The number of nitro groups is 2. The summed E-state index contributed by atoms with van der Waals surface area (Å²) in [5, 5.41) is 22.0. The molecule has 2 aliphatic heterocycles. The van der Waals surface area contributed by atoms with Gasteiger partial charge in [0.05, 0.1) is 21.0 Å². The van der Waals surface area contributed by atoms with E-state index in [4.69, 9.17) is 18.9 Å². The summed E-state index contributed by atoms with van der Waals surface area (Å²) in [5.74, 6) is -1.45. The van der Waals surface area contributed by atoms with Crippen molar-refractivity contribution >= 4 is 23.3 Å². The smallest absolute Gasteiger partial charge is 0.338 e. The number of esters is 2. The van der Waals surface area contributed by atoms with Gasteiger partial charge in [0, 0.05) is 24.3 Å². The molecule has 0 aliphatic carbocycles. The number of hydrogen-bond donors (Lipinski definition) is 0. The van der Waals surface area contributed by atoms with E-state index < -0.39 is 45.2 Å². The summed E-state index contributed by atoms with van der Waals surface area (Å²) in [6, 6.07) is 28.6. The molecular weight excluding hydrogens is 572 g/mol. The van der Waals surface area contributed by atoms with E-state index >= 15 is 0 Å². The van der Waals surface area contributed by atoms with Crippen LogP contribution in [0.5, 0.6) is 0 Å². The van der Waals surface area contributed by atoms with Crippen LogP contribution in [0.25, 0.3) is 0 Å². The Hall–Kier alpha value is -5.46. The standard InChI is InChI=1S/C32H24N2O10/c35-29(23-11-15-25(16-12-23)33(37)38)41-19-31(27(43-31)21-7-3-1-4-8-21)32(28(44-32)22-9-5-2-6-10-22)20-42-30(36)24-13-17-26(18-14-24)34(39)40/h1-18,27-28H,19-20H2/t27-,28-,31-,32-/m0/s1. The van der Waals surface area contributed by atoms with Gasteiger partial charge in [-0.25, -0.2) is 9.59 Å². The van der Waals surface area contributed by atoms with Crippen LogP contribution in [-0.2, 0) is 18.9 Å². The second-order valence-corrected chi connectivity index (χ2v) is 10.4. The molecule has 0 bridgehead atoms. The molecule has 222 valence electrons. The molecule has 0 N–H and O–H groups in total. The lowest BCUT2D eigenvalue weighted by Crippen LogP contribution is -2.44. The maximum Gasteiger partial charge on any atom is 0.338 e. The van der Waals surface area contributed by atoms with Crippen molar-refractivity contribution in [3.8, 4) is 0 Å². The van der Waals surface area contributed by atoms with Gasteiger partial charge in [-0.15, -0.1) is 0 Å². The fraction of sp³-hybridized carbons (Fsp3) is 0.188. The van der Waals surface area contributed by atoms with E-state index in [-0.39, 0.29) is 35.7 Å². The van der Waals surface area contributed by atoms with Crippen LogP contribution < -0.4 is 0 Å². The third-order valence-corrected chi connectivity index (χ3v) is 7.77. The number of rotatable bonds is 11. The van der Waals surface area contributed by atoms with Gasteiger partial charge >= 0.3 is 11.9 Å². The molecular formula is C32H24N2O10. The Kier molecular flexibility index (Phi) is 7.37. The average Bonchev–Trinajstić information content (AvgIpc) is 3.98. The third kappa shape index (κ3) is 5.27. The number of carbonyl (C=O) groups is 2. The lowest BCUT2D eigenvalue weighted by Gasteiger charge is -2.23. The molecule has 6 rings (SSSR count). The Morgan fingerprint density at radius 3 is 1.25 bits per heavy atom. The molecule has 2 aliphatic rings. The summed E-state index contributed by atoms with van der Waals surface area (Å²) in [6.07, 6.45) is -1.17. The van der Waals surface area contributed by atoms with Crippen molar-refractivity contribution in [1.82, 2.24) is 0 Å². The van der Waals surface area contributed by atoms with Gasteiger partial charge in [-0.1, -0.05) is 60.7 Å². The lowest BCUT2D eigenvalue weighted by molar-refractivity contribution is -0.385. The van der Waals surface area contributed by atoms with Crippen LogP contribution in [0, 0.1) is 20.2 Å². The molecule has 0 aromatic heterocycles. The molecule has 12 nitrogen and oxygen atoms in total. The highest BCUT2D eigenvalue weighted by Gasteiger charge is 2.82. The first kappa shape index (κ1) is 28.6. The second kappa shape index (κ2) is 11.3. The molecule has 0 unspecified atom stereocenters. The molecule has 0 radical (unpaired) electrons. The number of nitrogens with zero attached hydrogens (tertiary/aromatic N) is 2. The fourth-order valence-electron chi connectivity index (χ4n) is 5.34. The van der Waals surface area contributed by atoms with Crippen LogP contribution in [0.1, 0.15) is 44.1 Å². The highest BCUT2D eigenvalue weighted by molar-refractivity contribution is 5.90. The quantitative estimate of drug-likeness (QED) is 0.0929. The van der Waals surface area contributed by atoms with Crippen LogP contribution >= 0.6 is 0 Å². The largest absolute Gasteiger partial charge is 0.459 e. The first-order chi connectivity index (χ1) is 21.2. The number of benzene rings is 4. The topological polar surface area (TPSA) is 164 Å². The van der Waals surface area contributed by atoms with Gasteiger partial charge in [-0.2, -0.15) is 0 Å². The van der Waals surface area contributed by atoms with Gasteiger partial charge in [-0.05, 0) is 35.4 Å². The highest BCUT2D eigenvalue weighted by Crippen LogP contribution is 2.69. The minimum atomic E-state index is -1.26. The number of ether oxygens (including phenoxy) is 4. The van der Waals surface area contributed by atoms with Gasteiger partial charge < -0.3 is 18.9 Å². The van der Waals surface area contributed by atoms with Crippen molar-refractivity contribution in [1.29, 1.82) is 0 Å². The van der Waals surface area contributed by atoms with E-state index in [1.54, 1.807) is 0 Å². The SMILES string of the molecule is O=C(OC[C@]1([C@@]2(COC(=O)c3ccc([N+](=O)[O-])cc3)O[C@H]2c2ccccc2)O[C@H]1c1ccccc1)c1ccc([N+](=O)[O-])cc1. The van der Waals surface area contributed by atoms with E-state index in [0.29, 0.717) is 0 Å². The summed E-state index contributed by atoms with van der Waals surface area (Å²) in [4.78, 5) is 47.0. The van der Waals surface area contributed by atoms with Crippen molar-refractivity contribution in [2.24, 2.45) is 0 Å². The fourth-order valence-corrected chi connectivity index (χ4v) is 5.34. The predicted molar refractivity (Wildman–Crippen MR) is 153 cm³/mol. The third-order valence-electron chi connectivity index (χ3n) is 7.77. The summed E-state index contributed by atoms with van der Waals surface area (Å²) in [5.41, 5.74) is -1.06. The molecule has 2 fully saturated rings. The van der Waals surface area contributed by atoms with Crippen molar-refractivity contribution in [2.75, 3.05) is 13.2 Å². The predicted octanol–water partition coefficient (Wildman–Crippen LogP) is 5.54. The number of carbonyl (C=O) groups excluding carboxylic acids is 2. The zero-order chi connectivity index (χ0) is 30.9. The van der Waals surface area contributed by atoms with Crippen molar-refractivity contribution < 1.29 is 38.4 Å². The van der Waals surface area contributed by atoms with Crippen LogP contribution in [0.2, 0.25) is 0 Å². The molecule has 0 spiro atoms.